The molecule has 1 aliphatic heterocycles. The fraction of sp³-hybridized carbons (Fsp3) is 0.385. The minimum Gasteiger partial charge on any atom is -0.323 e. The van der Waals surface area contributed by atoms with E-state index in [2.05, 4.69) is 15.4 Å². The van der Waals surface area contributed by atoms with Crippen molar-refractivity contribution >= 4 is 17.7 Å². The predicted octanol–water partition coefficient (Wildman–Crippen LogP) is 1.06. The number of halogens is 3. The molecule has 0 saturated heterocycles. The zero-order valence-electron chi connectivity index (χ0n) is 12.3. The summed E-state index contributed by atoms with van der Waals surface area (Å²) in [6, 6.07) is 3.04. The van der Waals surface area contributed by atoms with Crippen molar-refractivity contribution in [2.75, 3.05) is 25.5 Å². The summed E-state index contributed by atoms with van der Waals surface area (Å²) in [6.45, 7) is -0.509. The highest BCUT2D eigenvalue weighted by molar-refractivity contribution is 5.80. The molecule has 0 aromatic carbocycles. The van der Waals surface area contributed by atoms with Crippen molar-refractivity contribution in [2.45, 2.75) is 12.1 Å². The Bertz CT molecular complexity index is 763. The van der Waals surface area contributed by atoms with E-state index >= 15 is 0 Å². The number of anilines is 1. The zero-order valence-corrected chi connectivity index (χ0v) is 12.3. The Kier molecular flexibility index (Phi) is 4.51. The summed E-state index contributed by atoms with van der Waals surface area (Å²) in [6.07, 6.45) is -3.00. The van der Waals surface area contributed by atoms with Crippen LogP contribution in [0.3, 0.4) is 0 Å². The van der Waals surface area contributed by atoms with Crippen LogP contribution in [0, 0.1) is 11.3 Å². The van der Waals surface area contributed by atoms with Gasteiger partial charge in [-0.25, -0.2) is 9.50 Å². The summed E-state index contributed by atoms with van der Waals surface area (Å²) in [7, 11) is 3.75. The molecule has 1 N–H and O–H groups in total. The van der Waals surface area contributed by atoms with E-state index in [0.29, 0.717) is 6.41 Å². The van der Waals surface area contributed by atoms with Gasteiger partial charge in [-0.3, -0.25) is 4.79 Å². The number of alkyl halides is 3. The lowest BCUT2D eigenvalue weighted by Crippen LogP contribution is -2.27. The average molecular weight is 326 g/mol. The molecule has 23 heavy (non-hydrogen) atoms. The molecule has 3 rings (SSSR count). The second-order valence-electron chi connectivity index (χ2n) is 4.79. The molecule has 0 bridgehead atoms. The van der Waals surface area contributed by atoms with Gasteiger partial charge in [0.15, 0.2) is 11.3 Å². The Hall–Kier alpha value is -2.67. The van der Waals surface area contributed by atoms with Crippen LogP contribution < -0.4 is 10.2 Å². The molecule has 1 amide bonds. The van der Waals surface area contributed by atoms with Crippen LogP contribution in [0.4, 0.5) is 18.9 Å². The average Bonchev–Trinajstić information content (AvgIpc) is 3.07. The quantitative estimate of drug-likeness (QED) is 0.792. The second kappa shape index (κ2) is 6.21. The van der Waals surface area contributed by atoms with Crippen molar-refractivity contribution in [1.29, 1.82) is 5.26 Å². The van der Waals surface area contributed by atoms with Crippen molar-refractivity contribution in [3.05, 3.63) is 23.7 Å². The van der Waals surface area contributed by atoms with E-state index in [1.165, 1.54) is 12.3 Å². The minimum absolute atomic E-state index is 0.0311. The smallest absolute Gasteiger partial charge is 0.323 e. The molecule has 2 aromatic heterocycles. The van der Waals surface area contributed by atoms with Gasteiger partial charge < -0.3 is 10.2 Å². The summed E-state index contributed by atoms with van der Waals surface area (Å²) < 4.78 is 40.3. The van der Waals surface area contributed by atoms with Crippen LogP contribution in [0.25, 0.3) is 5.65 Å². The molecular formula is C13H13F3N6O. The fourth-order valence-corrected chi connectivity index (χ4v) is 2.28. The third-order valence-corrected chi connectivity index (χ3v) is 3.16. The third kappa shape index (κ3) is 2.95. The molecule has 7 nitrogen and oxygen atoms in total. The number of fused-ring (bicyclic) bond motifs is 3. The van der Waals surface area contributed by atoms with Crippen molar-refractivity contribution in [2.24, 2.45) is 0 Å². The fourth-order valence-electron chi connectivity index (χ4n) is 2.28. The highest BCUT2D eigenvalue weighted by atomic mass is 19.4. The summed E-state index contributed by atoms with van der Waals surface area (Å²) in [4.78, 5) is 15.7. The normalized spacial score (nSPS) is 16.5. The van der Waals surface area contributed by atoms with Crippen LogP contribution in [0.1, 0.15) is 17.3 Å². The lowest BCUT2D eigenvalue weighted by molar-refractivity contribution is -0.147. The molecule has 1 atom stereocenters. The van der Waals surface area contributed by atoms with E-state index in [1.807, 2.05) is 14.1 Å². The summed E-state index contributed by atoms with van der Waals surface area (Å²) in [5.41, 5.74) is -0.00260. The Morgan fingerprint density at radius 3 is 2.65 bits per heavy atom. The van der Waals surface area contributed by atoms with Crippen LogP contribution in [-0.2, 0) is 4.79 Å². The van der Waals surface area contributed by atoms with E-state index < -0.39 is 18.6 Å². The number of carbonyl (C=O) groups excluding carboxylic acids is 1. The topological polar surface area (TPSA) is 86.3 Å². The molecular weight excluding hydrogens is 313 g/mol. The maximum absolute atomic E-state index is 13.1. The van der Waals surface area contributed by atoms with E-state index in [0.717, 1.165) is 9.42 Å². The Morgan fingerprint density at radius 2 is 2.13 bits per heavy atom. The molecule has 0 radical (unpaired) electrons. The van der Waals surface area contributed by atoms with E-state index in [9.17, 15) is 18.0 Å². The molecule has 2 aromatic rings. The number of amides is 1. The van der Waals surface area contributed by atoms with Crippen molar-refractivity contribution in [1.82, 2.24) is 19.9 Å². The van der Waals surface area contributed by atoms with Gasteiger partial charge in [-0.05, 0) is 14.1 Å². The second-order valence-corrected chi connectivity index (χ2v) is 4.79. The lowest BCUT2D eigenvalue weighted by atomic mass is 10.1. The number of aromatic nitrogens is 3. The Morgan fingerprint density at radius 1 is 1.48 bits per heavy atom. The molecule has 0 fully saturated rings. The molecule has 0 spiro atoms. The summed E-state index contributed by atoms with van der Waals surface area (Å²) >= 11 is 0. The Balaban J connectivity index is 0.000000595. The van der Waals surface area contributed by atoms with Crippen LogP contribution in [0.15, 0.2) is 12.3 Å². The molecule has 1 unspecified atom stereocenters. The SMILES string of the molecule is CNC.N#Cc1cc2ncc3c(n2n1)C(C(F)(F)F)CN3C=O. The maximum Gasteiger partial charge on any atom is 0.399 e. The molecule has 1 aliphatic rings. The van der Waals surface area contributed by atoms with Crippen LogP contribution in [0.5, 0.6) is 0 Å². The number of carbonyl (C=O) groups is 1. The third-order valence-electron chi connectivity index (χ3n) is 3.16. The van der Waals surface area contributed by atoms with Gasteiger partial charge in [0.1, 0.15) is 12.0 Å². The van der Waals surface area contributed by atoms with E-state index in [-0.39, 0.29) is 22.7 Å². The largest absolute Gasteiger partial charge is 0.399 e. The van der Waals surface area contributed by atoms with Crippen molar-refractivity contribution < 1.29 is 18.0 Å². The predicted molar refractivity (Wildman–Crippen MR) is 74.9 cm³/mol. The first-order valence-corrected chi connectivity index (χ1v) is 6.53. The monoisotopic (exact) mass is 326 g/mol. The number of nitrogens with one attached hydrogen (secondary N) is 1. The van der Waals surface area contributed by atoms with Crippen LogP contribution >= 0.6 is 0 Å². The standard InChI is InChI=1S/C11H6F3N5O.C2H7N/c12-11(13,14)7-4-18(5-20)8-3-16-9-1-6(2-15)17-19(9)10(7)8;1-3-2/h1,3,5,7H,4H2;3H,1-2H3. The van der Waals surface area contributed by atoms with E-state index in [1.54, 1.807) is 6.07 Å². The van der Waals surface area contributed by atoms with Crippen LogP contribution in [-0.4, -0.2) is 47.8 Å². The van der Waals surface area contributed by atoms with Crippen LogP contribution in [0.2, 0.25) is 0 Å². The van der Waals surface area contributed by atoms with Gasteiger partial charge in [-0.2, -0.15) is 23.5 Å². The molecule has 0 saturated carbocycles. The number of hydrogen-bond acceptors (Lipinski definition) is 5. The lowest BCUT2D eigenvalue weighted by Gasteiger charge is -2.15. The first kappa shape index (κ1) is 16.7. The molecule has 0 aliphatic carbocycles. The van der Waals surface area contributed by atoms with Gasteiger partial charge in [0.25, 0.3) is 0 Å². The Labute approximate surface area is 129 Å². The summed E-state index contributed by atoms with van der Waals surface area (Å²) in [5.74, 6) is -1.85. The van der Waals surface area contributed by atoms with E-state index in [4.69, 9.17) is 5.26 Å². The zero-order chi connectivity index (χ0) is 17.2. The highest BCUT2D eigenvalue weighted by Crippen LogP contribution is 2.44. The van der Waals surface area contributed by atoms with Gasteiger partial charge in [0.05, 0.1) is 17.6 Å². The van der Waals surface area contributed by atoms with Crippen molar-refractivity contribution in [3.63, 3.8) is 0 Å². The molecule has 122 valence electrons. The molecule has 3 heterocycles. The minimum atomic E-state index is -4.51. The highest BCUT2D eigenvalue weighted by Gasteiger charge is 2.49. The number of nitrogens with zero attached hydrogens (tertiary/aromatic N) is 5. The molecule has 10 heteroatoms. The number of hydrogen-bond donors (Lipinski definition) is 1. The van der Waals surface area contributed by atoms with Gasteiger partial charge in [-0.1, -0.05) is 0 Å². The number of rotatable bonds is 1. The van der Waals surface area contributed by atoms with Gasteiger partial charge in [0, 0.05) is 12.6 Å². The van der Waals surface area contributed by atoms with Gasteiger partial charge in [-0.15, -0.1) is 0 Å². The van der Waals surface area contributed by atoms with Crippen molar-refractivity contribution in [3.8, 4) is 6.07 Å². The van der Waals surface area contributed by atoms with Gasteiger partial charge in [0.2, 0.25) is 6.41 Å². The number of nitriles is 1. The maximum atomic E-state index is 13.1. The van der Waals surface area contributed by atoms with Gasteiger partial charge >= 0.3 is 6.18 Å². The first-order valence-electron chi connectivity index (χ1n) is 6.53. The summed E-state index contributed by atoms with van der Waals surface area (Å²) in [5, 5.41) is 15.3. The first-order chi connectivity index (χ1) is 10.9.